The van der Waals surface area contributed by atoms with Gasteiger partial charge in [-0.3, -0.25) is 0 Å². The van der Waals surface area contributed by atoms with Gasteiger partial charge < -0.3 is 14.8 Å². The molecular formula is C14H21NO2. The first kappa shape index (κ1) is 12.4. The van der Waals surface area contributed by atoms with Crippen LogP contribution in [0.5, 0.6) is 5.75 Å². The summed E-state index contributed by atoms with van der Waals surface area (Å²) in [5, 5.41) is 3.33. The first-order chi connectivity index (χ1) is 8.31. The molecule has 2 atom stereocenters. The number of hydrogen-bond acceptors (Lipinski definition) is 3. The van der Waals surface area contributed by atoms with E-state index in [2.05, 4.69) is 18.3 Å². The number of ether oxygens (including phenoxy) is 2. The highest BCUT2D eigenvalue weighted by Crippen LogP contribution is 2.20. The Hall–Kier alpha value is -1.06. The molecular weight excluding hydrogens is 214 g/mol. The van der Waals surface area contributed by atoms with Crippen molar-refractivity contribution in [3.63, 3.8) is 0 Å². The maximum atomic E-state index is 5.88. The lowest BCUT2D eigenvalue weighted by atomic mass is 10.00. The average molecular weight is 235 g/mol. The normalized spacial score (nSPS) is 21.4. The van der Waals surface area contributed by atoms with Crippen LogP contribution in [0.4, 0.5) is 0 Å². The second kappa shape index (κ2) is 6.03. The molecule has 0 aliphatic carbocycles. The van der Waals surface area contributed by atoms with Gasteiger partial charge in [-0.15, -0.1) is 0 Å². The maximum Gasteiger partial charge on any atom is 0.122 e. The number of para-hydroxylation sites is 1. The van der Waals surface area contributed by atoms with E-state index in [0.29, 0.717) is 18.6 Å². The van der Waals surface area contributed by atoms with Crippen LogP contribution < -0.4 is 10.1 Å². The van der Waals surface area contributed by atoms with Gasteiger partial charge in [-0.2, -0.15) is 0 Å². The molecule has 0 aromatic heterocycles. The monoisotopic (exact) mass is 235 g/mol. The molecule has 1 N–H and O–H groups in total. The Kier molecular flexibility index (Phi) is 4.40. The zero-order chi connectivity index (χ0) is 12.1. The summed E-state index contributed by atoms with van der Waals surface area (Å²) >= 11 is 0. The van der Waals surface area contributed by atoms with Crippen LogP contribution in [0.15, 0.2) is 24.3 Å². The highest BCUT2D eigenvalue weighted by atomic mass is 16.5. The van der Waals surface area contributed by atoms with Crippen LogP contribution >= 0.6 is 0 Å². The van der Waals surface area contributed by atoms with E-state index in [1.165, 1.54) is 5.56 Å². The Morgan fingerprint density at radius 2 is 2.29 bits per heavy atom. The first-order valence-corrected chi connectivity index (χ1v) is 6.24. The van der Waals surface area contributed by atoms with Gasteiger partial charge in [-0.1, -0.05) is 18.2 Å². The molecule has 17 heavy (non-hydrogen) atoms. The minimum Gasteiger partial charge on any atom is -0.492 e. The van der Waals surface area contributed by atoms with Crippen LogP contribution in [0.2, 0.25) is 0 Å². The fourth-order valence-electron chi connectivity index (χ4n) is 2.22. The van der Waals surface area contributed by atoms with Gasteiger partial charge in [0.15, 0.2) is 0 Å². The molecule has 0 amide bonds. The summed E-state index contributed by atoms with van der Waals surface area (Å²) in [5.41, 5.74) is 1.19. The molecule has 1 fully saturated rings. The number of benzene rings is 1. The van der Waals surface area contributed by atoms with Crippen molar-refractivity contribution >= 4 is 0 Å². The highest BCUT2D eigenvalue weighted by Gasteiger charge is 2.25. The van der Waals surface area contributed by atoms with Crippen LogP contribution in [-0.2, 0) is 4.74 Å². The molecule has 1 aromatic rings. The molecule has 94 valence electrons. The van der Waals surface area contributed by atoms with E-state index in [-0.39, 0.29) is 0 Å². The summed E-state index contributed by atoms with van der Waals surface area (Å²) in [5.74, 6) is 1.55. The number of hydrogen-bond donors (Lipinski definition) is 1. The smallest absolute Gasteiger partial charge is 0.122 e. The van der Waals surface area contributed by atoms with Gasteiger partial charge in [0.05, 0.1) is 6.61 Å². The van der Waals surface area contributed by atoms with Gasteiger partial charge in [0, 0.05) is 18.6 Å². The minimum absolute atomic E-state index is 0.372. The number of nitrogens with one attached hydrogen (secondary N) is 1. The molecule has 1 aromatic carbocycles. The standard InChI is InChI=1S/C14H21NO2/c1-11-5-3-4-6-14(11)17-10-13(15-2)12-7-8-16-9-12/h3-6,12-13,15H,7-10H2,1-2H3. The first-order valence-electron chi connectivity index (χ1n) is 6.24. The third kappa shape index (κ3) is 3.20. The fourth-order valence-corrected chi connectivity index (χ4v) is 2.22. The maximum absolute atomic E-state index is 5.88. The second-order valence-corrected chi connectivity index (χ2v) is 4.60. The quantitative estimate of drug-likeness (QED) is 0.846. The third-order valence-electron chi connectivity index (χ3n) is 3.42. The zero-order valence-electron chi connectivity index (χ0n) is 10.6. The Morgan fingerprint density at radius 3 is 2.94 bits per heavy atom. The third-order valence-corrected chi connectivity index (χ3v) is 3.42. The van der Waals surface area contributed by atoms with Gasteiger partial charge >= 0.3 is 0 Å². The number of likely N-dealkylation sites (N-methyl/N-ethyl adjacent to an activating group) is 1. The molecule has 3 nitrogen and oxygen atoms in total. The molecule has 0 bridgehead atoms. The summed E-state index contributed by atoms with van der Waals surface area (Å²) in [6.07, 6.45) is 1.13. The molecule has 2 unspecified atom stereocenters. The molecule has 1 aliphatic rings. The van der Waals surface area contributed by atoms with Crippen molar-refractivity contribution in [2.24, 2.45) is 5.92 Å². The largest absolute Gasteiger partial charge is 0.492 e. The Labute approximate surface area is 103 Å². The van der Waals surface area contributed by atoms with E-state index in [0.717, 1.165) is 25.4 Å². The van der Waals surface area contributed by atoms with Crippen molar-refractivity contribution in [2.45, 2.75) is 19.4 Å². The van der Waals surface area contributed by atoms with Crippen molar-refractivity contribution in [3.8, 4) is 5.75 Å². The molecule has 1 saturated heterocycles. The zero-order valence-corrected chi connectivity index (χ0v) is 10.6. The van der Waals surface area contributed by atoms with Crippen molar-refractivity contribution < 1.29 is 9.47 Å². The van der Waals surface area contributed by atoms with E-state index in [4.69, 9.17) is 9.47 Å². The predicted octanol–water partition coefficient (Wildman–Crippen LogP) is 2.00. The summed E-state index contributed by atoms with van der Waals surface area (Å²) < 4.78 is 11.3. The molecule has 0 saturated carbocycles. The van der Waals surface area contributed by atoms with Crippen molar-refractivity contribution in [3.05, 3.63) is 29.8 Å². The van der Waals surface area contributed by atoms with Gasteiger partial charge in [0.1, 0.15) is 12.4 Å². The Bertz CT molecular complexity index is 348. The summed E-state index contributed by atoms with van der Waals surface area (Å²) in [7, 11) is 1.99. The lowest BCUT2D eigenvalue weighted by Crippen LogP contribution is -2.39. The predicted molar refractivity (Wildman–Crippen MR) is 68.4 cm³/mol. The van der Waals surface area contributed by atoms with E-state index in [1.807, 2.05) is 25.2 Å². The SMILES string of the molecule is CNC(COc1ccccc1C)C1CCOC1. The molecule has 0 spiro atoms. The number of aryl methyl sites for hydroxylation is 1. The summed E-state index contributed by atoms with van der Waals surface area (Å²) in [6.45, 7) is 4.51. The second-order valence-electron chi connectivity index (χ2n) is 4.60. The molecule has 3 heteroatoms. The molecule has 1 aliphatic heterocycles. The van der Waals surface area contributed by atoms with Crippen LogP contribution in [0.3, 0.4) is 0 Å². The Morgan fingerprint density at radius 1 is 1.47 bits per heavy atom. The van der Waals surface area contributed by atoms with Crippen LogP contribution in [-0.4, -0.2) is 32.9 Å². The topological polar surface area (TPSA) is 30.5 Å². The van der Waals surface area contributed by atoms with Gasteiger partial charge in [0.2, 0.25) is 0 Å². The van der Waals surface area contributed by atoms with Crippen LogP contribution in [0.25, 0.3) is 0 Å². The van der Waals surface area contributed by atoms with Crippen LogP contribution in [0.1, 0.15) is 12.0 Å². The summed E-state index contributed by atoms with van der Waals surface area (Å²) in [4.78, 5) is 0. The van der Waals surface area contributed by atoms with E-state index >= 15 is 0 Å². The number of rotatable bonds is 5. The van der Waals surface area contributed by atoms with Crippen molar-refractivity contribution in [1.29, 1.82) is 0 Å². The van der Waals surface area contributed by atoms with E-state index < -0.39 is 0 Å². The van der Waals surface area contributed by atoms with E-state index in [9.17, 15) is 0 Å². The van der Waals surface area contributed by atoms with Gasteiger partial charge in [-0.05, 0) is 32.0 Å². The lowest BCUT2D eigenvalue weighted by Gasteiger charge is -2.22. The minimum atomic E-state index is 0.372. The van der Waals surface area contributed by atoms with E-state index in [1.54, 1.807) is 0 Å². The molecule has 2 rings (SSSR count). The van der Waals surface area contributed by atoms with Crippen molar-refractivity contribution in [1.82, 2.24) is 5.32 Å². The van der Waals surface area contributed by atoms with Gasteiger partial charge in [-0.25, -0.2) is 0 Å². The highest BCUT2D eigenvalue weighted by molar-refractivity contribution is 5.31. The fraction of sp³-hybridized carbons (Fsp3) is 0.571. The van der Waals surface area contributed by atoms with Gasteiger partial charge in [0.25, 0.3) is 0 Å². The molecule has 1 heterocycles. The van der Waals surface area contributed by atoms with Crippen molar-refractivity contribution in [2.75, 3.05) is 26.9 Å². The Balaban J connectivity index is 1.89. The summed E-state index contributed by atoms with van der Waals surface area (Å²) in [6, 6.07) is 8.50. The average Bonchev–Trinajstić information content (AvgIpc) is 2.86. The lowest BCUT2D eigenvalue weighted by molar-refractivity contribution is 0.162. The molecule has 0 radical (unpaired) electrons. The van der Waals surface area contributed by atoms with Crippen LogP contribution in [0, 0.1) is 12.8 Å².